The third-order valence-corrected chi connectivity index (χ3v) is 1.67. The lowest BCUT2D eigenvalue weighted by molar-refractivity contribution is 0.627. The summed E-state index contributed by atoms with van der Waals surface area (Å²) in [5.41, 5.74) is 0.432. The van der Waals surface area contributed by atoms with E-state index in [0.717, 1.165) is 0 Å². The SMILES string of the molecule is [C-]#[N+]c1ccc(F)cc1Br. The van der Waals surface area contributed by atoms with Crippen LogP contribution in [0, 0.1) is 12.4 Å². The van der Waals surface area contributed by atoms with Gasteiger partial charge in [-0.25, -0.2) is 9.24 Å². The molecule has 3 heteroatoms. The first kappa shape index (κ1) is 7.23. The van der Waals surface area contributed by atoms with Gasteiger partial charge in [0.25, 0.3) is 0 Å². The molecule has 1 nitrogen and oxygen atoms in total. The van der Waals surface area contributed by atoms with Gasteiger partial charge in [0, 0.05) is 4.47 Å². The summed E-state index contributed by atoms with van der Waals surface area (Å²) in [5.74, 6) is -0.334. The van der Waals surface area contributed by atoms with Crippen LogP contribution >= 0.6 is 15.9 Å². The number of hydrogen-bond donors (Lipinski definition) is 0. The molecule has 0 atom stereocenters. The van der Waals surface area contributed by atoms with E-state index < -0.39 is 0 Å². The van der Waals surface area contributed by atoms with Crippen molar-refractivity contribution in [2.75, 3.05) is 0 Å². The van der Waals surface area contributed by atoms with Crippen LogP contribution in [0.4, 0.5) is 10.1 Å². The fourth-order valence-corrected chi connectivity index (χ4v) is 1.01. The zero-order valence-corrected chi connectivity index (χ0v) is 6.52. The van der Waals surface area contributed by atoms with Crippen molar-refractivity contribution in [3.05, 3.63) is 39.9 Å². The van der Waals surface area contributed by atoms with E-state index in [1.54, 1.807) is 0 Å². The molecule has 0 fully saturated rings. The first-order chi connectivity index (χ1) is 4.74. The first-order valence-corrected chi connectivity index (χ1v) is 3.36. The van der Waals surface area contributed by atoms with Gasteiger partial charge in [0.05, 0.1) is 6.57 Å². The predicted octanol–water partition coefficient (Wildman–Crippen LogP) is 3.14. The van der Waals surface area contributed by atoms with Crippen LogP contribution < -0.4 is 0 Å². The third kappa shape index (κ3) is 1.34. The van der Waals surface area contributed by atoms with Gasteiger partial charge in [-0.3, -0.25) is 0 Å². The van der Waals surface area contributed by atoms with E-state index in [-0.39, 0.29) is 5.82 Å². The van der Waals surface area contributed by atoms with Crippen LogP contribution in [0.25, 0.3) is 4.85 Å². The highest BCUT2D eigenvalue weighted by Gasteiger charge is 1.98. The molecule has 0 aliphatic rings. The van der Waals surface area contributed by atoms with Crippen molar-refractivity contribution in [1.29, 1.82) is 0 Å². The van der Waals surface area contributed by atoms with E-state index >= 15 is 0 Å². The lowest BCUT2D eigenvalue weighted by Crippen LogP contribution is -1.71. The Balaban J connectivity index is 3.23. The Hall–Kier alpha value is -0.880. The Morgan fingerprint density at radius 2 is 2.20 bits per heavy atom. The molecular formula is C7H3BrFN. The van der Waals surface area contributed by atoms with Gasteiger partial charge in [-0.2, -0.15) is 0 Å². The highest BCUT2D eigenvalue weighted by Crippen LogP contribution is 2.25. The lowest BCUT2D eigenvalue weighted by Gasteiger charge is -1.92. The molecule has 50 valence electrons. The molecule has 0 spiro atoms. The largest absolute Gasteiger partial charge is 0.237 e. The standard InChI is InChI=1S/C7H3BrFN/c1-10-7-3-2-5(9)4-6(7)8/h2-4H. The summed E-state index contributed by atoms with van der Waals surface area (Å²) < 4.78 is 12.9. The average Bonchev–Trinajstić information content (AvgIpc) is 1.88. The van der Waals surface area contributed by atoms with Crippen molar-refractivity contribution in [3.63, 3.8) is 0 Å². The quantitative estimate of drug-likeness (QED) is 0.566. The average molecular weight is 200 g/mol. The molecule has 10 heavy (non-hydrogen) atoms. The molecule has 1 aromatic rings. The van der Waals surface area contributed by atoms with Gasteiger partial charge in [0.2, 0.25) is 5.69 Å². The maximum atomic E-state index is 12.4. The highest BCUT2D eigenvalue weighted by molar-refractivity contribution is 9.10. The van der Waals surface area contributed by atoms with Crippen LogP contribution in [-0.2, 0) is 0 Å². The molecular weight excluding hydrogens is 197 g/mol. The number of halogens is 2. The Labute approximate surface area is 66.4 Å². The van der Waals surface area contributed by atoms with Crippen molar-refractivity contribution in [1.82, 2.24) is 0 Å². The van der Waals surface area contributed by atoms with Crippen molar-refractivity contribution in [2.24, 2.45) is 0 Å². The Morgan fingerprint density at radius 1 is 1.50 bits per heavy atom. The van der Waals surface area contributed by atoms with Crippen molar-refractivity contribution in [3.8, 4) is 0 Å². The molecule has 0 N–H and O–H groups in total. The Morgan fingerprint density at radius 3 is 2.70 bits per heavy atom. The second-order valence-electron chi connectivity index (χ2n) is 1.71. The molecule has 0 heterocycles. The minimum Gasteiger partial charge on any atom is -0.237 e. The van der Waals surface area contributed by atoms with E-state index in [2.05, 4.69) is 20.8 Å². The van der Waals surface area contributed by atoms with E-state index in [1.165, 1.54) is 18.2 Å². The fraction of sp³-hybridized carbons (Fsp3) is 0. The van der Waals surface area contributed by atoms with Crippen molar-refractivity contribution < 1.29 is 4.39 Å². The van der Waals surface area contributed by atoms with Gasteiger partial charge in [-0.1, -0.05) is 22.0 Å². The number of rotatable bonds is 0. The monoisotopic (exact) mass is 199 g/mol. The van der Waals surface area contributed by atoms with Crippen LogP contribution in [-0.4, -0.2) is 0 Å². The lowest BCUT2D eigenvalue weighted by atomic mass is 10.3. The minimum absolute atomic E-state index is 0.334. The van der Waals surface area contributed by atoms with Gasteiger partial charge in [0.1, 0.15) is 5.82 Å². The molecule has 1 aromatic carbocycles. The summed E-state index contributed by atoms with van der Waals surface area (Å²) in [6.45, 7) is 6.63. The van der Waals surface area contributed by atoms with Gasteiger partial charge in [-0.05, 0) is 12.1 Å². The molecule has 0 bridgehead atoms. The summed E-state index contributed by atoms with van der Waals surface area (Å²) in [6, 6.07) is 3.97. The zero-order chi connectivity index (χ0) is 7.56. The maximum Gasteiger partial charge on any atom is 0.201 e. The summed E-state index contributed by atoms with van der Waals surface area (Å²) in [7, 11) is 0. The van der Waals surface area contributed by atoms with Gasteiger partial charge < -0.3 is 0 Å². The van der Waals surface area contributed by atoms with Gasteiger partial charge in [0.15, 0.2) is 0 Å². The summed E-state index contributed by atoms with van der Waals surface area (Å²) >= 11 is 3.05. The minimum atomic E-state index is -0.334. The van der Waals surface area contributed by atoms with Crippen LogP contribution in [0.5, 0.6) is 0 Å². The van der Waals surface area contributed by atoms with Crippen LogP contribution in [0.1, 0.15) is 0 Å². The van der Waals surface area contributed by atoms with Crippen molar-refractivity contribution >= 4 is 21.6 Å². The van der Waals surface area contributed by atoms with Gasteiger partial charge >= 0.3 is 0 Å². The van der Waals surface area contributed by atoms with E-state index in [4.69, 9.17) is 6.57 Å². The maximum absolute atomic E-state index is 12.4. The molecule has 0 aromatic heterocycles. The first-order valence-electron chi connectivity index (χ1n) is 2.56. The topological polar surface area (TPSA) is 4.36 Å². The molecule has 1 rings (SSSR count). The highest BCUT2D eigenvalue weighted by atomic mass is 79.9. The number of hydrogen-bond acceptors (Lipinski definition) is 0. The molecule has 0 saturated heterocycles. The molecule has 0 unspecified atom stereocenters. The molecule has 0 aliphatic carbocycles. The fourth-order valence-electron chi connectivity index (χ4n) is 0.572. The van der Waals surface area contributed by atoms with Crippen LogP contribution in [0.3, 0.4) is 0 Å². The van der Waals surface area contributed by atoms with E-state index in [9.17, 15) is 4.39 Å². The molecule has 0 radical (unpaired) electrons. The smallest absolute Gasteiger partial charge is 0.201 e. The predicted molar refractivity (Wildman–Crippen MR) is 40.4 cm³/mol. The Kier molecular flexibility index (Phi) is 2.03. The number of nitrogens with zero attached hydrogens (tertiary/aromatic N) is 1. The van der Waals surface area contributed by atoms with Crippen molar-refractivity contribution in [2.45, 2.75) is 0 Å². The summed E-state index contributed by atoms with van der Waals surface area (Å²) in [5, 5.41) is 0. The second-order valence-corrected chi connectivity index (χ2v) is 2.56. The van der Waals surface area contributed by atoms with Crippen LogP contribution in [0.15, 0.2) is 22.7 Å². The van der Waals surface area contributed by atoms with Gasteiger partial charge in [-0.15, -0.1) is 0 Å². The van der Waals surface area contributed by atoms with Crippen LogP contribution in [0.2, 0.25) is 0 Å². The second kappa shape index (κ2) is 2.80. The number of benzene rings is 1. The third-order valence-electron chi connectivity index (χ3n) is 1.03. The summed E-state index contributed by atoms with van der Waals surface area (Å²) in [4.78, 5) is 3.15. The normalized spacial score (nSPS) is 8.90. The van der Waals surface area contributed by atoms with E-state index in [1.807, 2.05) is 0 Å². The van der Waals surface area contributed by atoms with E-state index in [0.29, 0.717) is 10.2 Å². The molecule has 0 saturated carbocycles. The zero-order valence-electron chi connectivity index (χ0n) is 4.94. The summed E-state index contributed by atoms with van der Waals surface area (Å²) in [6.07, 6.45) is 0. The molecule has 0 aliphatic heterocycles. The Bertz CT molecular complexity index is 290. The molecule has 0 amide bonds.